The van der Waals surface area contributed by atoms with Crippen LogP contribution in [0.3, 0.4) is 0 Å². The zero-order valence-electron chi connectivity index (χ0n) is 14.7. The summed E-state index contributed by atoms with van der Waals surface area (Å²) in [6.45, 7) is 4.97. The van der Waals surface area contributed by atoms with Gasteiger partial charge in [0.25, 0.3) is 10.0 Å². The molecule has 26 heavy (non-hydrogen) atoms. The van der Waals surface area contributed by atoms with Crippen LogP contribution in [-0.2, 0) is 14.8 Å². The molecule has 0 amide bonds. The van der Waals surface area contributed by atoms with Crippen LogP contribution in [0, 0.1) is 5.82 Å². The lowest BCUT2D eigenvalue weighted by atomic mass is 10.1. The van der Waals surface area contributed by atoms with Gasteiger partial charge in [0.2, 0.25) is 0 Å². The molecule has 0 bridgehead atoms. The topological polar surface area (TPSA) is 59.0 Å². The maximum Gasteiger partial charge on any atom is 0.284 e. The van der Waals surface area contributed by atoms with Gasteiger partial charge >= 0.3 is 0 Å². The Morgan fingerprint density at radius 1 is 1.04 bits per heavy atom. The molecule has 5 nitrogen and oxygen atoms in total. The maximum absolute atomic E-state index is 13.1. The number of hydrogen-bond donors (Lipinski definition) is 0. The van der Waals surface area contributed by atoms with Crippen molar-refractivity contribution in [2.45, 2.75) is 31.0 Å². The van der Waals surface area contributed by atoms with Crippen molar-refractivity contribution in [1.82, 2.24) is 4.90 Å². The summed E-state index contributed by atoms with van der Waals surface area (Å²) in [5, 5.41) is 0. The van der Waals surface area contributed by atoms with Gasteiger partial charge in [-0.15, -0.1) is 4.40 Å². The van der Waals surface area contributed by atoms with Crippen LogP contribution in [0.2, 0.25) is 0 Å². The zero-order valence-corrected chi connectivity index (χ0v) is 15.5. The number of amidine groups is 1. The van der Waals surface area contributed by atoms with Crippen LogP contribution >= 0.6 is 0 Å². The van der Waals surface area contributed by atoms with Crippen LogP contribution in [-0.4, -0.2) is 44.5 Å². The quantitative estimate of drug-likeness (QED) is 0.610. The van der Waals surface area contributed by atoms with E-state index in [0.717, 1.165) is 12.1 Å². The first-order valence-electron chi connectivity index (χ1n) is 8.41. The third-order valence-electron chi connectivity index (χ3n) is 4.07. The molecule has 7 heteroatoms. The highest BCUT2D eigenvalue weighted by Gasteiger charge is 2.27. The third kappa shape index (κ3) is 4.28. The van der Waals surface area contributed by atoms with Crippen molar-refractivity contribution >= 4 is 15.9 Å². The molecule has 138 valence electrons. The van der Waals surface area contributed by atoms with E-state index in [0.29, 0.717) is 24.5 Å². The summed E-state index contributed by atoms with van der Waals surface area (Å²) in [6.07, 6.45) is -0.0811. The summed E-state index contributed by atoms with van der Waals surface area (Å²) >= 11 is 0. The number of sulfonamides is 1. The first-order chi connectivity index (χ1) is 12.3. The van der Waals surface area contributed by atoms with Crippen molar-refractivity contribution in [2.75, 3.05) is 13.1 Å². The lowest BCUT2D eigenvalue weighted by Crippen LogP contribution is -2.48. The van der Waals surface area contributed by atoms with Crippen LogP contribution in [0.25, 0.3) is 0 Å². The van der Waals surface area contributed by atoms with Crippen molar-refractivity contribution in [2.24, 2.45) is 4.40 Å². The van der Waals surface area contributed by atoms with E-state index in [1.807, 2.05) is 49.1 Å². The Hall–Kier alpha value is -2.25. The number of halogens is 1. The molecule has 2 aromatic rings. The predicted molar refractivity (Wildman–Crippen MR) is 98.1 cm³/mol. The molecule has 0 N–H and O–H groups in total. The summed E-state index contributed by atoms with van der Waals surface area (Å²) in [4.78, 5) is 1.89. The Balaban J connectivity index is 2.05. The van der Waals surface area contributed by atoms with Gasteiger partial charge in [-0.2, -0.15) is 8.42 Å². The second kappa shape index (κ2) is 7.55. The van der Waals surface area contributed by atoms with Gasteiger partial charge < -0.3 is 9.64 Å². The van der Waals surface area contributed by atoms with E-state index < -0.39 is 15.8 Å². The predicted octanol–water partition coefficient (Wildman–Crippen LogP) is 3.07. The largest absolute Gasteiger partial charge is 0.372 e. The van der Waals surface area contributed by atoms with Gasteiger partial charge in [-0.3, -0.25) is 0 Å². The van der Waals surface area contributed by atoms with E-state index >= 15 is 0 Å². The van der Waals surface area contributed by atoms with Crippen LogP contribution in [0.15, 0.2) is 63.9 Å². The van der Waals surface area contributed by atoms with Crippen molar-refractivity contribution in [1.29, 1.82) is 0 Å². The molecule has 1 aliphatic rings. The van der Waals surface area contributed by atoms with Gasteiger partial charge in [-0.25, -0.2) is 4.39 Å². The minimum absolute atomic E-state index is 0.0401. The van der Waals surface area contributed by atoms with Gasteiger partial charge in [0.1, 0.15) is 11.7 Å². The van der Waals surface area contributed by atoms with Crippen molar-refractivity contribution in [3.8, 4) is 0 Å². The Bertz CT molecular complexity index is 873. The molecular formula is C19H21FN2O3S. The minimum atomic E-state index is -3.97. The normalized spacial score (nSPS) is 21.7. The Morgan fingerprint density at radius 2 is 1.62 bits per heavy atom. The average Bonchev–Trinajstić information content (AvgIpc) is 2.60. The second-order valence-corrected chi connectivity index (χ2v) is 7.98. The van der Waals surface area contributed by atoms with E-state index in [-0.39, 0.29) is 17.1 Å². The van der Waals surface area contributed by atoms with E-state index in [1.165, 1.54) is 12.1 Å². The Morgan fingerprint density at radius 3 is 2.19 bits per heavy atom. The smallest absolute Gasteiger partial charge is 0.284 e. The maximum atomic E-state index is 13.1. The first kappa shape index (κ1) is 18.5. The molecule has 1 saturated heterocycles. The second-order valence-electron chi connectivity index (χ2n) is 6.37. The average molecular weight is 376 g/mol. The van der Waals surface area contributed by atoms with Gasteiger partial charge in [0.05, 0.1) is 17.1 Å². The van der Waals surface area contributed by atoms with Crippen molar-refractivity contribution in [3.05, 3.63) is 66.0 Å². The lowest BCUT2D eigenvalue weighted by molar-refractivity contribution is -0.0478. The van der Waals surface area contributed by atoms with Gasteiger partial charge in [-0.05, 0) is 38.1 Å². The summed E-state index contributed by atoms with van der Waals surface area (Å²) in [5.74, 6) is -0.121. The standard InChI is InChI=1S/C19H21FN2O3S/c1-14-12-22(13-15(2)25-14)19(16-6-4-3-5-7-16)21-26(23,24)18-10-8-17(20)9-11-18/h3-11,14-15H,12-13H2,1-2H3/b21-19+. The number of hydrogen-bond acceptors (Lipinski definition) is 3. The van der Waals surface area contributed by atoms with E-state index in [4.69, 9.17) is 4.74 Å². The fraction of sp³-hybridized carbons (Fsp3) is 0.316. The van der Waals surface area contributed by atoms with Gasteiger partial charge in [0.15, 0.2) is 0 Å². The van der Waals surface area contributed by atoms with Crippen molar-refractivity contribution in [3.63, 3.8) is 0 Å². The molecule has 2 atom stereocenters. The summed E-state index contributed by atoms with van der Waals surface area (Å²) in [5.41, 5.74) is 0.708. The minimum Gasteiger partial charge on any atom is -0.372 e. The van der Waals surface area contributed by atoms with Crippen molar-refractivity contribution < 1.29 is 17.5 Å². The van der Waals surface area contributed by atoms with E-state index in [2.05, 4.69) is 4.40 Å². The SMILES string of the molecule is CC1CN(/C(=N/S(=O)(=O)c2ccc(F)cc2)c2ccccc2)CC(C)O1. The summed E-state index contributed by atoms with van der Waals surface area (Å²) < 4.78 is 48.5. The highest BCUT2D eigenvalue weighted by atomic mass is 32.2. The summed E-state index contributed by atoms with van der Waals surface area (Å²) in [6, 6.07) is 13.9. The van der Waals surface area contributed by atoms with Crippen LogP contribution in [0.1, 0.15) is 19.4 Å². The lowest BCUT2D eigenvalue weighted by Gasteiger charge is -2.37. The number of morpholine rings is 1. The fourth-order valence-corrected chi connectivity index (χ4v) is 4.04. The Kier molecular flexibility index (Phi) is 5.38. The van der Waals surface area contributed by atoms with E-state index in [1.54, 1.807) is 0 Å². The molecule has 2 unspecified atom stereocenters. The molecule has 0 spiro atoms. The molecule has 0 saturated carbocycles. The number of nitrogens with zero attached hydrogens (tertiary/aromatic N) is 2. The Labute approximate surface area is 153 Å². The zero-order chi connectivity index (χ0) is 18.7. The molecule has 1 heterocycles. The molecule has 0 aliphatic carbocycles. The number of rotatable bonds is 3. The van der Waals surface area contributed by atoms with Crippen LogP contribution in [0.4, 0.5) is 4.39 Å². The number of benzene rings is 2. The number of ether oxygens (including phenoxy) is 1. The molecule has 1 aliphatic heterocycles. The first-order valence-corrected chi connectivity index (χ1v) is 9.85. The highest BCUT2D eigenvalue weighted by molar-refractivity contribution is 7.90. The highest BCUT2D eigenvalue weighted by Crippen LogP contribution is 2.19. The molecule has 3 rings (SSSR count). The monoisotopic (exact) mass is 376 g/mol. The molecular weight excluding hydrogens is 355 g/mol. The van der Waals surface area contributed by atoms with Crippen LogP contribution in [0.5, 0.6) is 0 Å². The summed E-state index contributed by atoms with van der Waals surface area (Å²) in [7, 11) is -3.97. The van der Waals surface area contributed by atoms with E-state index in [9.17, 15) is 12.8 Å². The third-order valence-corrected chi connectivity index (χ3v) is 5.35. The fourth-order valence-electron chi connectivity index (χ4n) is 3.00. The molecule has 0 radical (unpaired) electrons. The van der Waals surface area contributed by atoms with Crippen LogP contribution < -0.4 is 0 Å². The molecule has 0 aromatic heterocycles. The van der Waals surface area contributed by atoms with Gasteiger partial charge in [-0.1, -0.05) is 30.3 Å². The molecule has 1 fully saturated rings. The van der Waals surface area contributed by atoms with Gasteiger partial charge in [0, 0.05) is 18.7 Å². The molecule has 2 aromatic carbocycles.